The highest BCUT2D eigenvalue weighted by Gasteiger charge is 2.21. The number of nitrogens with two attached hydrogens (primary N) is 1. The summed E-state index contributed by atoms with van der Waals surface area (Å²) in [4.78, 5) is 11.6. The van der Waals surface area contributed by atoms with Gasteiger partial charge in [0.2, 0.25) is 0 Å². The van der Waals surface area contributed by atoms with Crippen molar-refractivity contribution in [3.05, 3.63) is 29.3 Å². The van der Waals surface area contributed by atoms with Crippen LogP contribution in [0.15, 0.2) is 18.2 Å². The summed E-state index contributed by atoms with van der Waals surface area (Å²) in [6.07, 6.45) is 5.75. The monoisotopic (exact) mass is 274 g/mol. The van der Waals surface area contributed by atoms with Crippen LogP contribution in [0.4, 0.5) is 0 Å². The van der Waals surface area contributed by atoms with Crippen molar-refractivity contribution in [2.24, 2.45) is 11.7 Å². The Hall–Kier alpha value is -1.55. The molecule has 0 bridgehead atoms. The van der Waals surface area contributed by atoms with Crippen molar-refractivity contribution in [3.63, 3.8) is 0 Å². The summed E-state index contributed by atoms with van der Waals surface area (Å²) >= 11 is 0. The van der Waals surface area contributed by atoms with Crippen molar-refractivity contribution in [1.82, 2.24) is 5.32 Å². The van der Waals surface area contributed by atoms with Gasteiger partial charge < -0.3 is 15.8 Å². The largest absolute Gasteiger partial charge is 0.484 e. The molecule has 20 heavy (non-hydrogen) atoms. The molecule has 2 aliphatic rings. The van der Waals surface area contributed by atoms with Gasteiger partial charge in [0.1, 0.15) is 5.75 Å². The maximum Gasteiger partial charge on any atom is 0.257 e. The summed E-state index contributed by atoms with van der Waals surface area (Å²) in [5.41, 5.74) is 8.61. The fourth-order valence-electron chi connectivity index (χ4n) is 2.68. The van der Waals surface area contributed by atoms with Crippen molar-refractivity contribution >= 4 is 5.91 Å². The summed E-state index contributed by atoms with van der Waals surface area (Å²) in [5, 5.41) is 2.90. The molecule has 0 aliphatic heterocycles. The van der Waals surface area contributed by atoms with E-state index in [2.05, 4.69) is 11.4 Å². The Morgan fingerprint density at radius 2 is 2.20 bits per heavy atom. The molecular formula is C16H22N2O2. The highest BCUT2D eigenvalue weighted by atomic mass is 16.5. The number of rotatable bonds is 5. The summed E-state index contributed by atoms with van der Waals surface area (Å²) < 4.78 is 5.57. The van der Waals surface area contributed by atoms with Crippen LogP contribution in [0.25, 0.3) is 0 Å². The first kappa shape index (κ1) is 13.4. The predicted molar refractivity (Wildman–Crippen MR) is 77.5 cm³/mol. The molecule has 1 aromatic rings. The average molecular weight is 274 g/mol. The number of fused-ring (bicyclic) bond motifs is 1. The van der Waals surface area contributed by atoms with Gasteiger partial charge in [-0.05, 0) is 61.3 Å². The minimum Gasteiger partial charge on any atom is -0.484 e. The molecule has 1 fully saturated rings. The third-order valence-electron chi connectivity index (χ3n) is 4.13. The molecule has 1 saturated carbocycles. The zero-order valence-electron chi connectivity index (χ0n) is 11.7. The second-order valence-corrected chi connectivity index (χ2v) is 5.90. The van der Waals surface area contributed by atoms with Crippen molar-refractivity contribution in [2.45, 2.75) is 38.1 Å². The lowest BCUT2D eigenvalue weighted by Gasteiger charge is -2.22. The maximum absolute atomic E-state index is 11.6. The van der Waals surface area contributed by atoms with Crippen molar-refractivity contribution in [1.29, 1.82) is 0 Å². The lowest BCUT2D eigenvalue weighted by Crippen LogP contribution is -2.30. The summed E-state index contributed by atoms with van der Waals surface area (Å²) in [6.45, 7) is 0.873. The quantitative estimate of drug-likeness (QED) is 0.862. The molecule has 0 radical (unpaired) electrons. The fraction of sp³-hybridized carbons (Fsp3) is 0.562. The molecule has 0 heterocycles. The molecular weight excluding hydrogens is 252 g/mol. The van der Waals surface area contributed by atoms with Crippen LogP contribution in [-0.4, -0.2) is 19.1 Å². The number of aryl methyl sites for hydroxylation is 1. The molecule has 108 valence electrons. The molecule has 3 rings (SSSR count). The van der Waals surface area contributed by atoms with Gasteiger partial charge in [0.05, 0.1) is 0 Å². The summed E-state index contributed by atoms with van der Waals surface area (Å²) in [6, 6.07) is 6.11. The summed E-state index contributed by atoms with van der Waals surface area (Å²) in [5.74, 6) is 1.39. The van der Waals surface area contributed by atoms with Crippen molar-refractivity contribution in [3.8, 4) is 5.75 Å². The van der Waals surface area contributed by atoms with Gasteiger partial charge >= 0.3 is 0 Å². The Morgan fingerprint density at radius 3 is 3.00 bits per heavy atom. The van der Waals surface area contributed by atoms with E-state index in [1.54, 1.807) is 0 Å². The lowest BCUT2D eigenvalue weighted by molar-refractivity contribution is -0.123. The molecule has 1 atom stereocenters. The van der Waals surface area contributed by atoms with Gasteiger partial charge in [0.15, 0.2) is 6.61 Å². The Labute approximate surface area is 119 Å². The number of hydrogen-bond acceptors (Lipinski definition) is 3. The first-order chi connectivity index (χ1) is 9.72. The third kappa shape index (κ3) is 3.31. The lowest BCUT2D eigenvalue weighted by atomic mass is 9.88. The van der Waals surface area contributed by atoms with Gasteiger partial charge in [-0.2, -0.15) is 0 Å². The van der Waals surface area contributed by atoms with E-state index in [0.29, 0.717) is 5.92 Å². The van der Waals surface area contributed by atoms with E-state index in [-0.39, 0.29) is 18.6 Å². The van der Waals surface area contributed by atoms with Crippen molar-refractivity contribution < 1.29 is 9.53 Å². The van der Waals surface area contributed by atoms with Crippen LogP contribution >= 0.6 is 0 Å². The van der Waals surface area contributed by atoms with Crippen LogP contribution in [0.5, 0.6) is 5.75 Å². The molecule has 0 unspecified atom stereocenters. The number of amides is 1. The highest BCUT2D eigenvalue weighted by Crippen LogP contribution is 2.31. The van der Waals surface area contributed by atoms with E-state index >= 15 is 0 Å². The third-order valence-corrected chi connectivity index (χ3v) is 4.13. The van der Waals surface area contributed by atoms with Gasteiger partial charge in [0, 0.05) is 12.6 Å². The number of carbonyl (C=O) groups is 1. The number of benzene rings is 1. The second kappa shape index (κ2) is 5.83. The van der Waals surface area contributed by atoms with Crippen molar-refractivity contribution in [2.75, 3.05) is 13.2 Å². The number of carbonyl (C=O) groups excluding carboxylic acids is 1. The molecule has 0 saturated heterocycles. The second-order valence-electron chi connectivity index (χ2n) is 5.90. The molecule has 0 aromatic heterocycles. The smallest absolute Gasteiger partial charge is 0.257 e. The Balaban J connectivity index is 1.54. The Bertz CT molecular complexity index is 497. The van der Waals surface area contributed by atoms with Gasteiger partial charge in [-0.15, -0.1) is 0 Å². The van der Waals surface area contributed by atoms with Crippen LogP contribution in [0.3, 0.4) is 0 Å². The average Bonchev–Trinajstić information content (AvgIpc) is 3.28. The van der Waals surface area contributed by atoms with E-state index in [4.69, 9.17) is 10.5 Å². The molecule has 1 amide bonds. The van der Waals surface area contributed by atoms with Crippen LogP contribution < -0.4 is 15.8 Å². The van der Waals surface area contributed by atoms with E-state index in [0.717, 1.165) is 31.6 Å². The Morgan fingerprint density at radius 1 is 1.35 bits per heavy atom. The summed E-state index contributed by atoms with van der Waals surface area (Å²) in [7, 11) is 0. The number of ether oxygens (including phenoxy) is 1. The first-order valence-corrected chi connectivity index (χ1v) is 7.50. The fourth-order valence-corrected chi connectivity index (χ4v) is 2.68. The van der Waals surface area contributed by atoms with Gasteiger partial charge in [-0.3, -0.25) is 4.79 Å². The SMILES string of the molecule is N[C@H]1CCCc2ccc(OCC(=O)NCC3CC3)cc21. The van der Waals surface area contributed by atoms with Crippen LogP contribution in [-0.2, 0) is 11.2 Å². The number of hydrogen-bond donors (Lipinski definition) is 2. The topological polar surface area (TPSA) is 64.3 Å². The molecule has 4 nitrogen and oxygen atoms in total. The minimum absolute atomic E-state index is 0.0427. The van der Waals surface area contributed by atoms with Gasteiger partial charge in [0.25, 0.3) is 5.91 Å². The zero-order chi connectivity index (χ0) is 13.9. The maximum atomic E-state index is 11.6. The molecule has 0 spiro atoms. The molecule has 4 heteroatoms. The number of nitrogens with one attached hydrogen (secondary N) is 1. The first-order valence-electron chi connectivity index (χ1n) is 7.50. The van der Waals surface area contributed by atoms with E-state index in [1.165, 1.54) is 24.0 Å². The normalized spacial score (nSPS) is 21.1. The highest BCUT2D eigenvalue weighted by molar-refractivity contribution is 5.77. The standard InChI is InChI=1S/C16H22N2O2/c17-15-3-1-2-12-6-7-13(8-14(12)15)20-10-16(19)18-9-11-4-5-11/h6-8,11,15H,1-5,9-10,17H2,(H,18,19)/t15-/m0/s1. The molecule has 1 aromatic carbocycles. The minimum atomic E-state index is -0.0427. The van der Waals surface area contributed by atoms with Crippen LogP contribution in [0.1, 0.15) is 42.9 Å². The van der Waals surface area contributed by atoms with E-state index in [1.807, 2.05) is 12.1 Å². The van der Waals surface area contributed by atoms with E-state index < -0.39 is 0 Å². The van der Waals surface area contributed by atoms with E-state index in [9.17, 15) is 4.79 Å². The molecule has 3 N–H and O–H groups in total. The Kier molecular flexibility index (Phi) is 3.92. The predicted octanol–water partition coefficient (Wildman–Crippen LogP) is 1.93. The van der Waals surface area contributed by atoms with Gasteiger partial charge in [-0.1, -0.05) is 6.07 Å². The molecule has 2 aliphatic carbocycles. The van der Waals surface area contributed by atoms with Gasteiger partial charge in [-0.25, -0.2) is 0 Å². The van der Waals surface area contributed by atoms with Crippen LogP contribution in [0.2, 0.25) is 0 Å². The van der Waals surface area contributed by atoms with Crippen LogP contribution in [0, 0.1) is 5.92 Å². The zero-order valence-corrected chi connectivity index (χ0v) is 11.7.